The Labute approximate surface area is 351 Å². The van der Waals surface area contributed by atoms with E-state index in [9.17, 15) is 0 Å². The normalized spacial score (nSPS) is 21.2. The maximum atomic E-state index is 2.50. The molecule has 8 aromatic rings. The fraction of sp³-hybridized carbons (Fsp3) is 0.186. The van der Waals surface area contributed by atoms with Gasteiger partial charge in [-0.25, -0.2) is 0 Å². The fourth-order valence-electron chi connectivity index (χ4n) is 11.3. The molecule has 2 saturated carbocycles. The lowest BCUT2D eigenvalue weighted by atomic mass is 9.43. The molecule has 0 nitrogen and oxygen atoms in total. The first-order valence-corrected chi connectivity index (χ1v) is 21.7. The Hall–Kier alpha value is -6.24. The maximum Gasteiger partial charge on any atom is -0.00269 e. The average molecular weight is 761 g/mol. The van der Waals surface area contributed by atoms with Gasteiger partial charge in [0.15, 0.2) is 0 Å². The molecule has 2 fully saturated rings. The highest BCUT2D eigenvalue weighted by Gasteiger charge is 2.57. The van der Waals surface area contributed by atoms with E-state index < -0.39 is 0 Å². The molecule has 288 valence electrons. The van der Waals surface area contributed by atoms with E-state index in [2.05, 4.69) is 218 Å². The van der Waals surface area contributed by atoms with Crippen molar-refractivity contribution in [3.63, 3.8) is 0 Å². The van der Waals surface area contributed by atoms with Crippen molar-refractivity contribution >= 4 is 0 Å². The molecule has 2 atom stereocenters. The van der Waals surface area contributed by atoms with Crippen molar-refractivity contribution in [2.75, 3.05) is 0 Å². The molecular weight excluding hydrogens is 709 g/mol. The molecule has 2 aliphatic carbocycles. The molecule has 2 unspecified atom stereocenters. The quantitative estimate of drug-likeness (QED) is 0.130. The van der Waals surface area contributed by atoms with E-state index in [-0.39, 0.29) is 16.2 Å². The molecular formula is C59H52. The van der Waals surface area contributed by atoms with Crippen LogP contribution in [0, 0.1) is 0 Å². The van der Waals surface area contributed by atoms with Gasteiger partial charge in [-0.3, -0.25) is 0 Å². The lowest BCUT2D eigenvalue weighted by molar-refractivity contribution is 0.0460. The first kappa shape index (κ1) is 37.1. The van der Waals surface area contributed by atoms with Crippen LogP contribution in [0.15, 0.2) is 218 Å². The van der Waals surface area contributed by atoms with E-state index in [1.54, 1.807) is 0 Å². The van der Waals surface area contributed by atoms with E-state index in [0.717, 1.165) is 25.7 Å². The predicted octanol–water partition coefficient (Wildman–Crippen LogP) is 15.5. The molecule has 0 radical (unpaired) electrons. The highest BCUT2D eigenvalue weighted by molar-refractivity contribution is 5.67. The van der Waals surface area contributed by atoms with Crippen LogP contribution in [0.5, 0.6) is 0 Å². The Morgan fingerprint density at radius 3 is 0.949 bits per heavy atom. The van der Waals surface area contributed by atoms with E-state index >= 15 is 0 Å². The predicted molar refractivity (Wildman–Crippen MR) is 249 cm³/mol. The van der Waals surface area contributed by atoms with Crippen molar-refractivity contribution < 1.29 is 0 Å². The monoisotopic (exact) mass is 760 g/mol. The summed E-state index contributed by atoms with van der Waals surface area (Å²) in [5.41, 5.74) is 16.3. The van der Waals surface area contributed by atoms with Crippen LogP contribution in [0.1, 0.15) is 67.2 Å². The van der Waals surface area contributed by atoms with Gasteiger partial charge in [-0.15, -0.1) is 0 Å². The molecule has 0 heterocycles. The second-order valence-electron chi connectivity index (χ2n) is 17.6. The van der Waals surface area contributed by atoms with Gasteiger partial charge < -0.3 is 0 Å². The third kappa shape index (κ3) is 7.38. The summed E-state index contributed by atoms with van der Waals surface area (Å²) in [6, 6.07) is 82.1. The number of hydrogen-bond acceptors (Lipinski definition) is 0. The Bertz CT molecular complexity index is 2490. The van der Waals surface area contributed by atoms with E-state index in [1.807, 2.05) is 0 Å². The van der Waals surface area contributed by atoms with Gasteiger partial charge in [0, 0.05) is 0 Å². The maximum absolute atomic E-state index is 2.50. The van der Waals surface area contributed by atoms with Crippen LogP contribution in [0.4, 0.5) is 0 Å². The molecule has 0 saturated heterocycles. The third-order valence-corrected chi connectivity index (χ3v) is 14.1. The van der Waals surface area contributed by atoms with Gasteiger partial charge in [0.25, 0.3) is 0 Å². The molecule has 0 aliphatic heterocycles. The molecule has 10 rings (SSSR count). The standard InChI is InChI=1S/C59H52/c1-5-14-46(15-6-1)50-24-22-45(23-25-50)38-41-59(56-36-30-53(31-37-56)49-20-11-4-12-21-49)43-57(54-32-26-51(27-33-54)47-16-7-2-8-17-47)39-13-40-58(42-57,44-59)55-34-28-52(29-35-55)48-18-9-3-10-19-48/h1-12,14-37H,13,38-44H2. The van der Waals surface area contributed by atoms with Gasteiger partial charge in [0.05, 0.1) is 0 Å². The van der Waals surface area contributed by atoms with Crippen LogP contribution in [0.2, 0.25) is 0 Å². The van der Waals surface area contributed by atoms with Gasteiger partial charge in [-0.1, -0.05) is 225 Å². The molecule has 0 aromatic heterocycles. The van der Waals surface area contributed by atoms with Gasteiger partial charge in [-0.2, -0.15) is 0 Å². The fourth-order valence-corrected chi connectivity index (χ4v) is 11.3. The van der Waals surface area contributed by atoms with Crippen LogP contribution in [-0.4, -0.2) is 0 Å². The summed E-state index contributed by atoms with van der Waals surface area (Å²) in [6.45, 7) is 0. The zero-order chi connectivity index (χ0) is 39.5. The zero-order valence-electron chi connectivity index (χ0n) is 33.9. The molecule has 2 aliphatic rings. The van der Waals surface area contributed by atoms with Crippen LogP contribution < -0.4 is 0 Å². The average Bonchev–Trinajstić information content (AvgIpc) is 3.32. The number of fused-ring (bicyclic) bond motifs is 2. The second-order valence-corrected chi connectivity index (χ2v) is 17.6. The van der Waals surface area contributed by atoms with Crippen molar-refractivity contribution in [3.8, 4) is 44.5 Å². The Kier molecular flexibility index (Phi) is 9.95. The van der Waals surface area contributed by atoms with Crippen LogP contribution in [-0.2, 0) is 22.7 Å². The summed E-state index contributed by atoms with van der Waals surface area (Å²) in [7, 11) is 0. The van der Waals surface area contributed by atoms with Crippen LogP contribution in [0.3, 0.4) is 0 Å². The Balaban J connectivity index is 1.09. The molecule has 59 heavy (non-hydrogen) atoms. The second kappa shape index (κ2) is 15.8. The van der Waals surface area contributed by atoms with Crippen molar-refractivity contribution in [1.82, 2.24) is 0 Å². The number of aryl methyl sites for hydroxylation is 1. The van der Waals surface area contributed by atoms with E-state index in [4.69, 9.17) is 0 Å². The first-order valence-electron chi connectivity index (χ1n) is 21.7. The van der Waals surface area contributed by atoms with Crippen LogP contribution >= 0.6 is 0 Å². The summed E-state index contributed by atoms with van der Waals surface area (Å²) in [5.74, 6) is 0. The number of benzene rings is 8. The minimum Gasteiger partial charge on any atom is -0.0622 e. The first-order chi connectivity index (χ1) is 29.1. The van der Waals surface area contributed by atoms with Crippen molar-refractivity contribution in [3.05, 3.63) is 241 Å². The van der Waals surface area contributed by atoms with Crippen LogP contribution in [0.25, 0.3) is 44.5 Å². The topological polar surface area (TPSA) is 0 Å². The molecule has 0 heteroatoms. The van der Waals surface area contributed by atoms with Crippen molar-refractivity contribution in [2.24, 2.45) is 0 Å². The highest BCUT2D eigenvalue weighted by Crippen LogP contribution is 2.64. The summed E-state index contributed by atoms with van der Waals surface area (Å²) in [4.78, 5) is 0. The molecule has 0 N–H and O–H groups in total. The minimum atomic E-state index is -0.0256. The van der Waals surface area contributed by atoms with Gasteiger partial charge in [0.2, 0.25) is 0 Å². The number of hydrogen-bond donors (Lipinski definition) is 0. The van der Waals surface area contributed by atoms with Gasteiger partial charge in [-0.05, 0) is 128 Å². The summed E-state index contributed by atoms with van der Waals surface area (Å²) >= 11 is 0. The van der Waals surface area contributed by atoms with Gasteiger partial charge >= 0.3 is 0 Å². The largest absolute Gasteiger partial charge is 0.0622 e. The van der Waals surface area contributed by atoms with Gasteiger partial charge in [0.1, 0.15) is 0 Å². The Morgan fingerprint density at radius 1 is 0.288 bits per heavy atom. The lowest BCUT2D eigenvalue weighted by Gasteiger charge is -2.60. The molecule has 0 amide bonds. The highest BCUT2D eigenvalue weighted by atomic mass is 14.6. The summed E-state index contributed by atoms with van der Waals surface area (Å²) in [6.07, 6.45) is 9.32. The third-order valence-electron chi connectivity index (χ3n) is 14.1. The summed E-state index contributed by atoms with van der Waals surface area (Å²) in [5, 5.41) is 0. The molecule has 8 aromatic carbocycles. The lowest BCUT2D eigenvalue weighted by Crippen LogP contribution is -2.55. The van der Waals surface area contributed by atoms with Crippen molar-refractivity contribution in [1.29, 1.82) is 0 Å². The molecule has 0 spiro atoms. The summed E-state index contributed by atoms with van der Waals surface area (Å²) < 4.78 is 0. The molecule has 2 bridgehead atoms. The minimum absolute atomic E-state index is 0.0256. The van der Waals surface area contributed by atoms with E-state index in [0.29, 0.717) is 0 Å². The SMILES string of the molecule is c1ccc(-c2ccc(CCC3(c4ccc(-c5ccccc5)cc4)CC4(c5ccc(-c6ccccc6)cc5)CCCC(c5ccc(-c6ccccc6)cc5)(C4)C3)cc2)cc1. The van der Waals surface area contributed by atoms with Crippen molar-refractivity contribution in [2.45, 2.75) is 67.6 Å². The Morgan fingerprint density at radius 2 is 0.593 bits per heavy atom. The number of rotatable bonds is 10. The zero-order valence-corrected chi connectivity index (χ0v) is 33.9. The smallest absolute Gasteiger partial charge is 0.00269 e. The van der Waals surface area contributed by atoms with E-state index in [1.165, 1.54) is 92.4 Å².